The van der Waals surface area contributed by atoms with Crippen LogP contribution in [0.15, 0.2) is 83.0 Å². The van der Waals surface area contributed by atoms with Gasteiger partial charge >= 0.3 is 0 Å². The van der Waals surface area contributed by atoms with Gasteiger partial charge in [0.15, 0.2) is 0 Å². The number of H-pyrrole nitrogens is 1. The molecule has 0 bridgehead atoms. The molecule has 0 fully saturated rings. The third kappa shape index (κ3) is 3.87. The number of imidazole rings is 1. The van der Waals surface area contributed by atoms with Gasteiger partial charge < -0.3 is 4.98 Å². The van der Waals surface area contributed by atoms with Crippen LogP contribution in [0, 0.1) is 24.0 Å². The van der Waals surface area contributed by atoms with Crippen LogP contribution in [0.4, 0.5) is 17.1 Å². The quantitative estimate of drug-likeness (QED) is 0.196. The molecule has 1 N–H and O–H groups in total. The summed E-state index contributed by atoms with van der Waals surface area (Å²) in [6.07, 6.45) is 0. The molecule has 3 aromatic carbocycles. The number of benzene rings is 3. The van der Waals surface area contributed by atoms with Crippen LogP contribution in [0.3, 0.4) is 0 Å². The number of aromatic nitrogens is 4. The molecule has 0 aliphatic carbocycles. The Balaban J connectivity index is 1.38. The Bertz CT molecular complexity index is 1460. The number of nitrogens with one attached hydrogen (secondary N) is 1. The Morgan fingerprint density at radius 2 is 1.67 bits per heavy atom. The minimum absolute atomic E-state index is 0.0336. The summed E-state index contributed by atoms with van der Waals surface area (Å²) in [5.41, 5.74) is 6.51. The van der Waals surface area contributed by atoms with Crippen molar-refractivity contribution in [3.63, 3.8) is 0 Å². The number of nitrogens with zero attached hydrogens (tertiary/aromatic N) is 6. The summed E-state index contributed by atoms with van der Waals surface area (Å²) in [4.78, 5) is 18.4. The van der Waals surface area contributed by atoms with Crippen LogP contribution >= 0.6 is 0 Å². The van der Waals surface area contributed by atoms with Crippen LogP contribution in [0.25, 0.3) is 28.1 Å². The second kappa shape index (κ2) is 8.12. The number of aromatic amines is 1. The van der Waals surface area contributed by atoms with E-state index in [1.54, 1.807) is 16.8 Å². The van der Waals surface area contributed by atoms with E-state index >= 15 is 0 Å². The summed E-state index contributed by atoms with van der Waals surface area (Å²) < 4.78 is 1.71. The predicted octanol–water partition coefficient (Wildman–Crippen LogP) is 6.36. The zero-order valence-corrected chi connectivity index (χ0v) is 17.9. The summed E-state index contributed by atoms with van der Waals surface area (Å²) in [7, 11) is 0. The van der Waals surface area contributed by atoms with Crippen LogP contribution in [-0.4, -0.2) is 24.7 Å². The minimum atomic E-state index is -0.426. The number of nitro benzene ring substituents is 1. The lowest BCUT2D eigenvalue weighted by molar-refractivity contribution is -0.384. The van der Waals surface area contributed by atoms with Crippen molar-refractivity contribution in [1.82, 2.24) is 19.7 Å². The van der Waals surface area contributed by atoms with Crippen molar-refractivity contribution >= 4 is 28.1 Å². The summed E-state index contributed by atoms with van der Waals surface area (Å²) in [5, 5.41) is 24.2. The van der Waals surface area contributed by atoms with E-state index in [1.165, 1.54) is 12.1 Å². The van der Waals surface area contributed by atoms with Crippen molar-refractivity contribution < 1.29 is 4.92 Å². The number of non-ortho nitro benzene ring substituents is 1. The molecule has 5 aromatic rings. The number of para-hydroxylation sites is 2. The second-order valence-corrected chi connectivity index (χ2v) is 7.55. The Kier molecular flexibility index (Phi) is 4.98. The molecule has 9 nitrogen and oxygen atoms in total. The van der Waals surface area contributed by atoms with Gasteiger partial charge in [0.1, 0.15) is 11.5 Å². The first-order valence-corrected chi connectivity index (χ1v) is 10.3. The number of nitro groups is 1. The lowest BCUT2D eigenvalue weighted by atomic mass is 10.2. The van der Waals surface area contributed by atoms with Crippen molar-refractivity contribution in [1.29, 1.82) is 0 Å². The highest BCUT2D eigenvalue weighted by molar-refractivity contribution is 5.79. The van der Waals surface area contributed by atoms with E-state index in [4.69, 9.17) is 0 Å². The standard InChI is InChI=1S/C24H19N7O2/c1-15-23(16(2)30(29-15)19-11-13-20(14-12-19)31(32)33)28-27-18-9-7-17(8-10-18)24-25-21-5-3-4-6-22(21)26-24/h3-14H,1-2H3,(H,25,26). The molecule has 2 aromatic heterocycles. The fourth-order valence-corrected chi connectivity index (χ4v) is 3.63. The molecule has 0 amide bonds. The average molecular weight is 437 g/mol. The van der Waals surface area contributed by atoms with Gasteiger partial charge in [0, 0.05) is 17.7 Å². The number of azo groups is 1. The predicted molar refractivity (Wildman–Crippen MR) is 125 cm³/mol. The molecule has 0 saturated heterocycles. The summed E-state index contributed by atoms with van der Waals surface area (Å²) >= 11 is 0. The molecular weight excluding hydrogens is 418 g/mol. The molecule has 0 aliphatic rings. The van der Waals surface area contributed by atoms with Gasteiger partial charge in [-0.1, -0.05) is 12.1 Å². The molecular formula is C24H19N7O2. The molecule has 2 heterocycles. The van der Waals surface area contributed by atoms with Crippen LogP contribution in [0.2, 0.25) is 0 Å². The van der Waals surface area contributed by atoms with Crippen LogP contribution in [0.5, 0.6) is 0 Å². The van der Waals surface area contributed by atoms with E-state index in [9.17, 15) is 10.1 Å². The summed E-state index contributed by atoms with van der Waals surface area (Å²) in [6.45, 7) is 3.74. The van der Waals surface area contributed by atoms with Crippen molar-refractivity contribution in [2.24, 2.45) is 10.2 Å². The van der Waals surface area contributed by atoms with Gasteiger partial charge in [-0.3, -0.25) is 10.1 Å². The Hall–Kier alpha value is -4.66. The Morgan fingerprint density at radius 3 is 2.36 bits per heavy atom. The van der Waals surface area contributed by atoms with Crippen molar-refractivity contribution in [2.45, 2.75) is 13.8 Å². The maximum Gasteiger partial charge on any atom is 0.269 e. The second-order valence-electron chi connectivity index (χ2n) is 7.55. The van der Waals surface area contributed by atoms with Gasteiger partial charge in [-0.15, -0.1) is 5.11 Å². The molecule has 0 aliphatic heterocycles. The van der Waals surface area contributed by atoms with E-state index < -0.39 is 4.92 Å². The average Bonchev–Trinajstić information content (AvgIpc) is 3.39. The van der Waals surface area contributed by atoms with Gasteiger partial charge in [-0.05, 0) is 62.4 Å². The maximum atomic E-state index is 10.9. The maximum absolute atomic E-state index is 10.9. The molecule has 0 spiro atoms. The molecule has 162 valence electrons. The molecule has 0 atom stereocenters. The number of hydrogen-bond donors (Lipinski definition) is 1. The summed E-state index contributed by atoms with van der Waals surface area (Å²) in [6, 6.07) is 21.8. The summed E-state index contributed by atoms with van der Waals surface area (Å²) in [5.74, 6) is 0.802. The van der Waals surface area contributed by atoms with E-state index in [0.29, 0.717) is 17.1 Å². The van der Waals surface area contributed by atoms with Gasteiger partial charge in [-0.25, -0.2) is 9.67 Å². The van der Waals surface area contributed by atoms with Gasteiger partial charge in [-0.2, -0.15) is 10.2 Å². The fraction of sp³-hybridized carbons (Fsp3) is 0.0833. The third-order valence-corrected chi connectivity index (χ3v) is 5.35. The number of rotatable bonds is 5. The van der Waals surface area contributed by atoms with Crippen molar-refractivity contribution in [3.8, 4) is 17.1 Å². The van der Waals surface area contributed by atoms with Crippen molar-refractivity contribution in [3.05, 3.63) is 94.3 Å². The number of aryl methyl sites for hydroxylation is 1. The first-order chi connectivity index (χ1) is 16.0. The molecule has 9 heteroatoms. The van der Waals surface area contributed by atoms with E-state index in [-0.39, 0.29) is 5.69 Å². The van der Waals surface area contributed by atoms with E-state index in [1.807, 2.05) is 62.4 Å². The zero-order valence-electron chi connectivity index (χ0n) is 17.9. The fourth-order valence-electron chi connectivity index (χ4n) is 3.63. The first-order valence-electron chi connectivity index (χ1n) is 10.3. The minimum Gasteiger partial charge on any atom is -0.338 e. The molecule has 0 unspecified atom stereocenters. The lowest BCUT2D eigenvalue weighted by Crippen LogP contribution is -1.99. The molecule has 0 saturated carbocycles. The SMILES string of the molecule is Cc1nn(-c2ccc([N+](=O)[O-])cc2)c(C)c1N=Nc1ccc(-c2nc3ccccc3[nH]2)cc1. The Morgan fingerprint density at radius 1 is 0.939 bits per heavy atom. The van der Waals surface area contributed by atoms with Crippen LogP contribution < -0.4 is 0 Å². The molecule has 33 heavy (non-hydrogen) atoms. The Labute approximate surface area is 188 Å². The van der Waals surface area contributed by atoms with Crippen LogP contribution in [-0.2, 0) is 0 Å². The first kappa shape index (κ1) is 20.3. The lowest BCUT2D eigenvalue weighted by Gasteiger charge is -2.03. The monoisotopic (exact) mass is 437 g/mol. The van der Waals surface area contributed by atoms with Gasteiger partial charge in [0.2, 0.25) is 0 Å². The smallest absolute Gasteiger partial charge is 0.269 e. The normalized spacial score (nSPS) is 11.5. The van der Waals surface area contributed by atoms with Gasteiger partial charge in [0.25, 0.3) is 5.69 Å². The molecule has 0 radical (unpaired) electrons. The highest BCUT2D eigenvalue weighted by Gasteiger charge is 2.14. The number of hydrogen-bond acceptors (Lipinski definition) is 6. The van der Waals surface area contributed by atoms with E-state index in [2.05, 4.69) is 25.3 Å². The topological polar surface area (TPSA) is 114 Å². The zero-order chi connectivity index (χ0) is 22.9. The largest absolute Gasteiger partial charge is 0.338 e. The number of fused-ring (bicyclic) bond motifs is 1. The molecule has 5 rings (SSSR count). The highest BCUT2D eigenvalue weighted by Crippen LogP contribution is 2.29. The van der Waals surface area contributed by atoms with Crippen molar-refractivity contribution in [2.75, 3.05) is 0 Å². The van der Waals surface area contributed by atoms with Crippen LogP contribution in [0.1, 0.15) is 11.4 Å². The third-order valence-electron chi connectivity index (χ3n) is 5.35. The van der Waals surface area contributed by atoms with Gasteiger partial charge in [0.05, 0.1) is 38.7 Å². The highest BCUT2D eigenvalue weighted by atomic mass is 16.6. The van der Waals surface area contributed by atoms with E-state index in [0.717, 1.165) is 33.8 Å².